The van der Waals surface area contributed by atoms with E-state index in [-0.39, 0.29) is 16.9 Å². The molecule has 0 spiro atoms. The lowest BCUT2D eigenvalue weighted by Crippen LogP contribution is -2.17. The van der Waals surface area contributed by atoms with E-state index in [1.807, 2.05) is 0 Å². The molecule has 5 nitrogen and oxygen atoms in total. The second-order valence-electron chi connectivity index (χ2n) is 4.99. The quantitative estimate of drug-likeness (QED) is 0.594. The average molecular weight is 338 g/mol. The maximum absolute atomic E-state index is 12.6. The number of carbonyl (C=O) groups excluding carboxylic acids is 1. The number of alkyl halides is 3. The van der Waals surface area contributed by atoms with Crippen LogP contribution in [0.2, 0.25) is 0 Å². The fourth-order valence-corrected chi connectivity index (χ4v) is 1.89. The van der Waals surface area contributed by atoms with Gasteiger partial charge in [-0.25, -0.2) is 5.43 Å². The summed E-state index contributed by atoms with van der Waals surface area (Å²) in [6.45, 7) is 1.73. The molecule has 8 heteroatoms. The van der Waals surface area contributed by atoms with Crippen molar-refractivity contribution < 1.29 is 28.2 Å². The van der Waals surface area contributed by atoms with Crippen LogP contribution in [0.5, 0.6) is 11.5 Å². The van der Waals surface area contributed by atoms with Crippen LogP contribution in [0.15, 0.2) is 41.5 Å². The third kappa shape index (κ3) is 4.03. The van der Waals surface area contributed by atoms with Gasteiger partial charge in [0.15, 0.2) is 0 Å². The summed E-state index contributed by atoms with van der Waals surface area (Å²) in [5.74, 6) is -1.40. The number of halogens is 3. The van der Waals surface area contributed by atoms with Gasteiger partial charge in [-0.05, 0) is 42.8 Å². The zero-order valence-corrected chi connectivity index (χ0v) is 12.4. The molecule has 2 aromatic rings. The highest BCUT2D eigenvalue weighted by Crippen LogP contribution is 2.31. The molecule has 0 heterocycles. The number of aryl methyl sites for hydroxylation is 1. The number of phenolic OH excluding ortho intramolecular Hbond substituents is 2. The van der Waals surface area contributed by atoms with Crippen LogP contribution >= 0.6 is 0 Å². The highest BCUT2D eigenvalue weighted by Gasteiger charge is 2.30. The molecule has 0 bridgehead atoms. The Balaban J connectivity index is 2.15. The van der Waals surface area contributed by atoms with E-state index in [1.54, 1.807) is 13.0 Å². The molecular formula is C16H13F3N2O3. The number of carbonyl (C=O) groups is 1. The number of amides is 1. The van der Waals surface area contributed by atoms with E-state index >= 15 is 0 Å². The van der Waals surface area contributed by atoms with E-state index in [2.05, 4.69) is 10.5 Å². The lowest BCUT2D eigenvalue weighted by molar-refractivity contribution is -0.137. The summed E-state index contributed by atoms with van der Waals surface area (Å²) in [5.41, 5.74) is 1.62. The Morgan fingerprint density at radius 2 is 1.83 bits per heavy atom. The number of hydrogen-bond acceptors (Lipinski definition) is 4. The highest BCUT2D eigenvalue weighted by molar-refractivity contribution is 5.97. The number of hydrazone groups is 1. The number of hydrogen-bond donors (Lipinski definition) is 3. The Morgan fingerprint density at radius 1 is 1.12 bits per heavy atom. The van der Waals surface area contributed by atoms with E-state index in [9.17, 15) is 28.2 Å². The van der Waals surface area contributed by atoms with Crippen molar-refractivity contribution in [2.45, 2.75) is 13.1 Å². The number of rotatable bonds is 3. The first-order valence-corrected chi connectivity index (χ1v) is 6.71. The van der Waals surface area contributed by atoms with E-state index in [0.29, 0.717) is 6.07 Å². The standard InChI is InChI=1S/C16H13F3N2O3/c1-9-2-4-12(14(23)6-9)15(24)21-20-8-10-7-11(16(17,18)19)3-5-13(10)22/h2-8,22-23H,1H3,(H,21,24)/b20-8+. The molecule has 2 rings (SSSR count). The van der Waals surface area contributed by atoms with Crippen LogP contribution in [-0.4, -0.2) is 22.3 Å². The summed E-state index contributed by atoms with van der Waals surface area (Å²) in [5, 5.41) is 22.7. The Kier molecular flexibility index (Phi) is 4.77. The molecule has 0 saturated heterocycles. The van der Waals surface area contributed by atoms with Crippen LogP contribution < -0.4 is 5.43 Å². The fraction of sp³-hybridized carbons (Fsp3) is 0.125. The Morgan fingerprint density at radius 3 is 2.46 bits per heavy atom. The molecule has 0 atom stereocenters. The average Bonchev–Trinajstić information content (AvgIpc) is 2.47. The van der Waals surface area contributed by atoms with Gasteiger partial charge in [-0.15, -0.1) is 0 Å². The van der Waals surface area contributed by atoms with Gasteiger partial charge in [0, 0.05) is 5.56 Å². The van der Waals surface area contributed by atoms with Crippen molar-refractivity contribution in [2.75, 3.05) is 0 Å². The summed E-state index contributed by atoms with van der Waals surface area (Å²) in [7, 11) is 0. The molecule has 0 aliphatic heterocycles. The van der Waals surface area contributed by atoms with Gasteiger partial charge in [-0.2, -0.15) is 18.3 Å². The van der Waals surface area contributed by atoms with Crippen molar-refractivity contribution >= 4 is 12.1 Å². The van der Waals surface area contributed by atoms with E-state index in [0.717, 1.165) is 23.9 Å². The molecule has 0 aliphatic carbocycles. The van der Waals surface area contributed by atoms with Crippen molar-refractivity contribution in [1.82, 2.24) is 5.43 Å². The lowest BCUT2D eigenvalue weighted by Gasteiger charge is -2.08. The summed E-state index contributed by atoms with van der Waals surface area (Å²) >= 11 is 0. The topological polar surface area (TPSA) is 81.9 Å². The second kappa shape index (κ2) is 6.61. The number of nitrogens with zero attached hydrogens (tertiary/aromatic N) is 1. The minimum absolute atomic E-state index is 0.0361. The molecule has 24 heavy (non-hydrogen) atoms. The maximum atomic E-state index is 12.6. The van der Waals surface area contributed by atoms with Gasteiger partial charge in [0.1, 0.15) is 11.5 Å². The van der Waals surface area contributed by atoms with Crippen molar-refractivity contribution in [3.63, 3.8) is 0 Å². The molecule has 0 saturated carbocycles. The van der Waals surface area contributed by atoms with Crippen LogP contribution in [-0.2, 0) is 6.18 Å². The molecule has 0 aliphatic rings. The largest absolute Gasteiger partial charge is 0.507 e. The summed E-state index contributed by atoms with van der Waals surface area (Å²) in [6.07, 6.45) is -3.68. The first-order chi connectivity index (χ1) is 11.2. The van der Waals surface area contributed by atoms with Gasteiger partial charge in [0.25, 0.3) is 5.91 Å². The minimum atomic E-state index is -4.56. The number of nitrogens with one attached hydrogen (secondary N) is 1. The molecule has 0 aromatic heterocycles. The van der Waals surface area contributed by atoms with Crippen molar-refractivity contribution in [2.24, 2.45) is 5.10 Å². The summed E-state index contributed by atoms with van der Waals surface area (Å²) in [4.78, 5) is 11.9. The van der Waals surface area contributed by atoms with Gasteiger partial charge in [0.2, 0.25) is 0 Å². The third-order valence-corrected chi connectivity index (χ3v) is 3.12. The lowest BCUT2D eigenvalue weighted by atomic mass is 10.1. The zero-order chi connectivity index (χ0) is 17.9. The molecule has 0 unspecified atom stereocenters. The zero-order valence-electron chi connectivity index (χ0n) is 12.4. The molecule has 3 N–H and O–H groups in total. The van der Waals surface area contributed by atoms with Gasteiger partial charge in [-0.3, -0.25) is 4.79 Å². The number of phenols is 2. The monoisotopic (exact) mass is 338 g/mol. The number of benzene rings is 2. The first-order valence-electron chi connectivity index (χ1n) is 6.71. The predicted octanol–water partition coefficient (Wildman–Crippen LogP) is 3.19. The van der Waals surface area contributed by atoms with E-state index in [1.165, 1.54) is 12.1 Å². The molecule has 0 fully saturated rings. The van der Waals surface area contributed by atoms with Crippen molar-refractivity contribution in [1.29, 1.82) is 0 Å². The molecular weight excluding hydrogens is 325 g/mol. The SMILES string of the molecule is Cc1ccc(C(=O)N/N=C/c2cc(C(F)(F)F)ccc2O)c(O)c1. The van der Waals surface area contributed by atoms with Gasteiger partial charge in [0.05, 0.1) is 17.3 Å². The van der Waals surface area contributed by atoms with Gasteiger partial charge < -0.3 is 10.2 Å². The van der Waals surface area contributed by atoms with Crippen molar-refractivity contribution in [3.05, 3.63) is 58.7 Å². The third-order valence-electron chi connectivity index (χ3n) is 3.12. The minimum Gasteiger partial charge on any atom is -0.507 e. The Labute approximate surface area is 135 Å². The van der Waals surface area contributed by atoms with Crippen LogP contribution in [0.1, 0.15) is 27.0 Å². The van der Waals surface area contributed by atoms with Gasteiger partial charge in [-0.1, -0.05) is 6.07 Å². The van der Waals surface area contributed by atoms with E-state index in [4.69, 9.17) is 0 Å². The maximum Gasteiger partial charge on any atom is 0.416 e. The highest BCUT2D eigenvalue weighted by atomic mass is 19.4. The molecule has 1 amide bonds. The summed E-state index contributed by atoms with van der Waals surface area (Å²) < 4.78 is 37.9. The van der Waals surface area contributed by atoms with Crippen molar-refractivity contribution in [3.8, 4) is 11.5 Å². The predicted molar refractivity (Wildman–Crippen MR) is 81.0 cm³/mol. The first kappa shape index (κ1) is 17.3. The molecule has 2 aromatic carbocycles. The fourth-order valence-electron chi connectivity index (χ4n) is 1.89. The van der Waals surface area contributed by atoms with Crippen LogP contribution in [0, 0.1) is 6.92 Å². The molecule has 0 radical (unpaired) electrons. The van der Waals surface area contributed by atoms with Crippen LogP contribution in [0.3, 0.4) is 0 Å². The van der Waals surface area contributed by atoms with Crippen LogP contribution in [0.25, 0.3) is 0 Å². The smallest absolute Gasteiger partial charge is 0.416 e. The Hall–Kier alpha value is -3.03. The summed E-state index contributed by atoms with van der Waals surface area (Å²) in [6, 6.07) is 6.70. The van der Waals surface area contributed by atoms with Gasteiger partial charge >= 0.3 is 6.18 Å². The number of aromatic hydroxyl groups is 2. The Bertz CT molecular complexity index is 802. The molecule has 126 valence electrons. The van der Waals surface area contributed by atoms with E-state index < -0.39 is 23.4 Å². The normalized spacial score (nSPS) is 11.7. The second-order valence-corrected chi connectivity index (χ2v) is 4.99. The van der Waals surface area contributed by atoms with Crippen LogP contribution in [0.4, 0.5) is 13.2 Å².